The van der Waals surface area contributed by atoms with Crippen molar-refractivity contribution < 1.29 is 9.53 Å². The van der Waals surface area contributed by atoms with Crippen molar-refractivity contribution in [3.8, 4) is 0 Å². The zero-order valence-corrected chi connectivity index (χ0v) is 10.3. The summed E-state index contributed by atoms with van der Waals surface area (Å²) in [7, 11) is 1.64. The average molecular weight is 248 g/mol. The Kier molecular flexibility index (Phi) is 4.25. The monoisotopic (exact) mass is 248 g/mol. The number of ether oxygens (including phenoxy) is 1. The molecule has 0 atom stereocenters. The molecular weight excluding hydrogens is 232 g/mol. The zero-order chi connectivity index (χ0) is 12.8. The summed E-state index contributed by atoms with van der Waals surface area (Å²) in [4.78, 5) is 11.7. The molecule has 0 aliphatic heterocycles. The molecule has 0 unspecified atom stereocenters. The van der Waals surface area contributed by atoms with Gasteiger partial charge in [0.1, 0.15) is 12.1 Å². The van der Waals surface area contributed by atoms with E-state index in [4.69, 9.17) is 4.74 Å². The normalized spacial score (nSPS) is 10.7. The van der Waals surface area contributed by atoms with Gasteiger partial charge in [-0.25, -0.2) is 4.68 Å². The second-order valence-electron chi connectivity index (χ2n) is 3.93. The van der Waals surface area contributed by atoms with Gasteiger partial charge in [-0.15, -0.1) is 5.10 Å². The summed E-state index contributed by atoms with van der Waals surface area (Å²) in [5.41, 5.74) is 1.66. The Labute approximate surface area is 105 Å². The van der Waals surface area contributed by atoms with Gasteiger partial charge in [-0.3, -0.25) is 4.79 Å². The number of hydrogen-bond donors (Lipinski definition) is 1. The molecular formula is C12H16N4O2. The van der Waals surface area contributed by atoms with E-state index < -0.39 is 0 Å². The maximum Gasteiger partial charge on any atom is 0.241 e. The Morgan fingerprint density at radius 1 is 1.44 bits per heavy atom. The third-order valence-electron chi connectivity index (χ3n) is 2.56. The van der Waals surface area contributed by atoms with E-state index in [2.05, 4.69) is 15.6 Å². The van der Waals surface area contributed by atoms with Crippen LogP contribution in [0.2, 0.25) is 0 Å². The lowest BCUT2D eigenvalue weighted by Gasteiger charge is -2.05. The summed E-state index contributed by atoms with van der Waals surface area (Å²) in [5.74, 6) is -0.0678. The molecule has 1 aromatic carbocycles. The molecule has 96 valence electrons. The minimum atomic E-state index is -0.0678. The first-order valence-corrected chi connectivity index (χ1v) is 5.85. The van der Waals surface area contributed by atoms with Gasteiger partial charge in [0.2, 0.25) is 5.91 Å². The van der Waals surface area contributed by atoms with E-state index >= 15 is 0 Å². The van der Waals surface area contributed by atoms with Crippen LogP contribution in [0.5, 0.6) is 0 Å². The van der Waals surface area contributed by atoms with E-state index in [9.17, 15) is 4.79 Å². The summed E-state index contributed by atoms with van der Waals surface area (Å²) in [6, 6.07) is 7.56. The minimum absolute atomic E-state index is 0.0678. The van der Waals surface area contributed by atoms with Gasteiger partial charge in [-0.2, -0.15) is 0 Å². The lowest BCUT2D eigenvalue weighted by molar-refractivity contribution is -0.121. The van der Waals surface area contributed by atoms with Crippen molar-refractivity contribution in [3.63, 3.8) is 0 Å². The predicted octanol–water partition coefficient (Wildman–Crippen LogP) is 0.584. The first-order valence-electron chi connectivity index (χ1n) is 5.85. The lowest BCUT2D eigenvalue weighted by Crippen LogP contribution is -2.29. The Bertz CT molecular complexity index is 524. The van der Waals surface area contributed by atoms with E-state index in [0.29, 0.717) is 13.2 Å². The predicted molar refractivity (Wildman–Crippen MR) is 67.0 cm³/mol. The number of carbonyl (C=O) groups excluding carboxylic acids is 1. The van der Waals surface area contributed by atoms with Crippen molar-refractivity contribution in [2.45, 2.75) is 13.0 Å². The van der Waals surface area contributed by atoms with E-state index in [0.717, 1.165) is 17.5 Å². The van der Waals surface area contributed by atoms with Gasteiger partial charge in [0.15, 0.2) is 0 Å². The molecule has 0 aliphatic carbocycles. The molecule has 1 heterocycles. The van der Waals surface area contributed by atoms with Crippen molar-refractivity contribution in [2.24, 2.45) is 0 Å². The zero-order valence-electron chi connectivity index (χ0n) is 10.3. The number of para-hydroxylation sites is 1. The number of hydrogen-bond acceptors (Lipinski definition) is 4. The Balaban J connectivity index is 1.91. The van der Waals surface area contributed by atoms with Crippen LogP contribution in [0.4, 0.5) is 0 Å². The van der Waals surface area contributed by atoms with Gasteiger partial charge in [0.25, 0.3) is 0 Å². The molecule has 0 fully saturated rings. The van der Waals surface area contributed by atoms with Crippen LogP contribution in [0.15, 0.2) is 24.3 Å². The third kappa shape index (κ3) is 3.04. The van der Waals surface area contributed by atoms with Crippen LogP contribution in [0, 0.1) is 0 Å². The van der Waals surface area contributed by atoms with Gasteiger partial charge in [-0.1, -0.05) is 17.3 Å². The molecule has 0 saturated heterocycles. The van der Waals surface area contributed by atoms with Gasteiger partial charge in [-0.05, 0) is 18.6 Å². The highest BCUT2D eigenvalue weighted by molar-refractivity contribution is 5.79. The van der Waals surface area contributed by atoms with Crippen molar-refractivity contribution in [1.82, 2.24) is 20.3 Å². The van der Waals surface area contributed by atoms with Gasteiger partial charge in [0, 0.05) is 20.3 Å². The Hall–Kier alpha value is -1.95. The van der Waals surface area contributed by atoms with E-state index in [1.165, 1.54) is 0 Å². The highest BCUT2D eigenvalue weighted by atomic mass is 16.5. The second kappa shape index (κ2) is 6.11. The van der Waals surface area contributed by atoms with Gasteiger partial charge < -0.3 is 10.1 Å². The molecule has 6 nitrogen and oxygen atoms in total. The van der Waals surface area contributed by atoms with Gasteiger partial charge >= 0.3 is 0 Å². The molecule has 6 heteroatoms. The maximum atomic E-state index is 11.7. The molecule has 1 N–H and O–H groups in total. The van der Waals surface area contributed by atoms with Crippen molar-refractivity contribution in [3.05, 3.63) is 24.3 Å². The number of nitrogens with zero attached hydrogens (tertiary/aromatic N) is 3. The number of amides is 1. The maximum absolute atomic E-state index is 11.7. The van der Waals surface area contributed by atoms with Crippen LogP contribution in [-0.2, 0) is 16.1 Å². The summed E-state index contributed by atoms with van der Waals surface area (Å²) in [5, 5.41) is 10.8. The van der Waals surface area contributed by atoms with Crippen molar-refractivity contribution in [2.75, 3.05) is 20.3 Å². The second-order valence-corrected chi connectivity index (χ2v) is 3.93. The quantitative estimate of drug-likeness (QED) is 0.759. The number of carbonyl (C=O) groups is 1. The number of rotatable bonds is 6. The number of aromatic nitrogens is 3. The molecule has 2 aromatic rings. The Morgan fingerprint density at radius 2 is 2.28 bits per heavy atom. The fourth-order valence-corrected chi connectivity index (χ4v) is 1.67. The topological polar surface area (TPSA) is 69.0 Å². The molecule has 18 heavy (non-hydrogen) atoms. The molecule has 1 amide bonds. The molecule has 1 aromatic heterocycles. The van der Waals surface area contributed by atoms with Crippen LogP contribution in [0.1, 0.15) is 6.42 Å². The first-order chi connectivity index (χ1) is 8.81. The third-order valence-corrected chi connectivity index (χ3v) is 2.56. The number of nitrogens with one attached hydrogen (secondary N) is 1. The molecule has 2 rings (SSSR count). The summed E-state index contributed by atoms with van der Waals surface area (Å²) < 4.78 is 6.51. The fraction of sp³-hybridized carbons (Fsp3) is 0.417. The molecule has 0 saturated carbocycles. The highest BCUT2D eigenvalue weighted by Gasteiger charge is 2.07. The van der Waals surface area contributed by atoms with Crippen molar-refractivity contribution >= 4 is 16.9 Å². The van der Waals surface area contributed by atoms with Crippen LogP contribution in [0.3, 0.4) is 0 Å². The number of methoxy groups -OCH3 is 1. The largest absolute Gasteiger partial charge is 0.385 e. The summed E-state index contributed by atoms with van der Waals surface area (Å²) in [6.45, 7) is 1.44. The highest BCUT2D eigenvalue weighted by Crippen LogP contribution is 2.08. The van der Waals surface area contributed by atoms with E-state index in [1.54, 1.807) is 11.8 Å². The summed E-state index contributed by atoms with van der Waals surface area (Å²) >= 11 is 0. The van der Waals surface area contributed by atoms with E-state index in [-0.39, 0.29) is 12.5 Å². The summed E-state index contributed by atoms with van der Waals surface area (Å²) in [6.07, 6.45) is 0.806. The molecule has 0 aliphatic rings. The average Bonchev–Trinajstić information content (AvgIpc) is 2.78. The van der Waals surface area contributed by atoms with Crippen LogP contribution < -0.4 is 5.32 Å². The molecule has 0 radical (unpaired) electrons. The SMILES string of the molecule is COCCCNC(=O)Cn1nnc2ccccc21. The first kappa shape index (κ1) is 12.5. The minimum Gasteiger partial charge on any atom is -0.385 e. The Morgan fingerprint density at radius 3 is 3.11 bits per heavy atom. The van der Waals surface area contributed by atoms with Crippen LogP contribution >= 0.6 is 0 Å². The van der Waals surface area contributed by atoms with Gasteiger partial charge in [0.05, 0.1) is 5.52 Å². The van der Waals surface area contributed by atoms with Crippen LogP contribution in [-0.4, -0.2) is 41.2 Å². The fourth-order valence-electron chi connectivity index (χ4n) is 1.67. The molecule has 0 bridgehead atoms. The smallest absolute Gasteiger partial charge is 0.241 e. The van der Waals surface area contributed by atoms with Crippen LogP contribution in [0.25, 0.3) is 11.0 Å². The molecule has 0 spiro atoms. The standard InChI is InChI=1S/C12H16N4O2/c1-18-8-4-7-13-12(17)9-16-11-6-3-2-5-10(11)14-15-16/h2-3,5-6H,4,7-9H2,1H3,(H,13,17). The number of fused-ring (bicyclic) bond motifs is 1. The lowest BCUT2D eigenvalue weighted by atomic mass is 10.3. The number of benzene rings is 1. The van der Waals surface area contributed by atoms with E-state index in [1.807, 2.05) is 24.3 Å². The van der Waals surface area contributed by atoms with Crippen molar-refractivity contribution in [1.29, 1.82) is 0 Å².